The van der Waals surface area contributed by atoms with E-state index in [2.05, 4.69) is 5.92 Å². The van der Waals surface area contributed by atoms with E-state index in [0.29, 0.717) is 11.3 Å². The van der Waals surface area contributed by atoms with Gasteiger partial charge in [-0.25, -0.2) is 0 Å². The number of terminal acetylenes is 1. The molecule has 146 valence electrons. The van der Waals surface area contributed by atoms with Gasteiger partial charge in [0.15, 0.2) is 0 Å². The molecule has 1 aliphatic rings. The second-order valence-corrected chi connectivity index (χ2v) is 8.22. The van der Waals surface area contributed by atoms with Gasteiger partial charge in [-0.2, -0.15) is 5.26 Å². The van der Waals surface area contributed by atoms with E-state index in [4.69, 9.17) is 50.7 Å². The van der Waals surface area contributed by atoms with Gasteiger partial charge in [0.2, 0.25) is 6.10 Å². The smallest absolute Gasteiger partial charge is 0.311 e. The van der Waals surface area contributed by atoms with Crippen molar-refractivity contribution < 1.29 is 14.3 Å². The van der Waals surface area contributed by atoms with Crippen LogP contribution >= 0.6 is 34.8 Å². The van der Waals surface area contributed by atoms with E-state index in [1.807, 2.05) is 19.9 Å². The van der Waals surface area contributed by atoms with Crippen molar-refractivity contribution in [2.75, 3.05) is 6.61 Å². The zero-order chi connectivity index (χ0) is 20.9. The summed E-state index contributed by atoms with van der Waals surface area (Å²) in [4.78, 5) is 12.5. The van der Waals surface area contributed by atoms with Crippen LogP contribution in [-0.4, -0.2) is 18.7 Å². The fourth-order valence-corrected chi connectivity index (χ4v) is 3.46. The molecule has 3 unspecified atom stereocenters. The molecular weight excluding hydrogens is 421 g/mol. The molecule has 7 heteroatoms. The molecule has 1 aromatic carbocycles. The Hall–Kier alpha value is -2.11. The number of hydrogen-bond acceptors (Lipinski definition) is 4. The van der Waals surface area contributed by atoms with Crippen molar-refractivity contribution in [3.05, 3.63) is 46.5 Å². The molecule has 0 saturated heterocycles. The van der Waals surface area contributed by atoms with Crippen molar-refractivity contribution >= 4 is 45.8 Å². The molecule has 1 fully saturated rings. The van der Waals surface area contributed by atoms with E-state index in [9.17, 15) is 10.1 Å². The predicted octanol–water partition coefficient (Wildman–Crippen LogP) is 5.30. The van der Waals surface area contributed by atoms with Gasteiger partial charge in [0.25, 0.3) is 0 Å². The SMILES string of the molecule is C#CCOc1cccc(/C(Cl)=C/C(C#N)OC(=O)C2C(C=C(Cl)Cl)C2(C)C)c1. The highest BCUT2D eigenvalue weighted by atomic mass is 35.5. The molecule has 0 amide bonds. The van der Waals surface area contributed by atoms with Gasteiger partial charge in [-0.1, -0.05) is 66.7 Å². The lowest BCUT2D eigenvalue weighted by molar-refractivity contribution is -0.147. The summed E-state index contributed by atoms with van der Waals surface area (Å²) in [6, 6.07) is 8.81. The first-order valence-electron chi connectivity index (χ1n) is 8.37. The van der Waals surface area contributed by atoms with Crippen LogP contribution in [0.15, 0.2) is 40.9 Å². The number of nitrogens with zero attached hydrogens (tertiary/aromatic N) is 1. The third-order valence-electron chi connectivity index (χ3n) is 4.57. The lowest BCUT2D eigenvalue weighted by atomic mass is 10.1. The average molecular weight is 439 g/mol. The Balaban J connectivity index is 2.10. The summed E-state index contributed by atoms with van der Waals surface area (Å²) in [5.74, 6) is 1.84. The molecule has 0 spiro atoms. The second kappa shape index (κ2) is 9.39. The largest absolute Gasteiger partial charge is 0.481 e. The first kappa shape index (κ1) is 22.2. The van der Waals surface area contributed by atoms with E-state index in [1.165, 1.54) is 6.08 Å². The van der Waals surface area contributed by atoms with Gasteiger partial charge in [0, 0.05) is 5.03 Å². The average Bonchev–Trinajstić information content (AvgIpc) is 3.18. The van der Waals surface area contributed by atoms with Crippen LogP contribution in [0.3, 0.4) is 0 Å². The highest BCUT2D eigenvalue weighted by Crippen LogP contribution is 2.60. The van der Waals surface area contributed by atoms with Crippen LogP contribution in [-0.2, 0) is 9.53 Å². The number of rotatable bonds is 7. The maximum absolute atomic E-state index is 12.5. The van der Waals surface area contributed by atoms with Crippen LogP contribution in [0.4, 0.5) is 0 Å². The topological polar surface area (TPSA) is 59.3 Å². The summed E-state index contributed by atoms with van der Waals surface area (Å²) in [5.41, 5.74) is 0.261. The highest BCUT2D eigenvalue weighted by Gasteiger charge is 2.61. The summed E-state index contributed by atoms with van der Waals surface area (Å²) in [6.07, 6.45) is 7.02. The fraction of sp³-hybridized carbons (Fsp3) is 0.333. The molecule has 1 aliphatic carbocycles. The van der Waals surface area contributed by atoms with E-state index in [-0.39, 0.29) is 27.5 Å². The van der Waals surface area contributed by atoms with E-state index in [1.54, 1.807) is 30.3 Å². The van der Waals surface area contributed by atoms with Gasteiger partial charge >= 0.3 is 5.97 Å². The number of ether oxygens (including phenoxy) is 2. The molecule has 0 radical (unpaired) electrons. The fourth-order valence-electron chi connectivity index (χ4n) is 2.96. The van der Waals surface area contributed by atoms with Gasteiger partial charge in [-0.05, 0) is 41.2 Å². The van der Waals surface area contributed by atoms with Gasteiger partial charge in [0.1, 0.15) is 22.9 Å². The van der Waals surface area contributed by atoms with Gasteiger partial charge in [-0.15, -0.1) is 6.42 Å². The Kier molecular flexibility index (Phi) is 7.44. The highest BCUT2D eigenvalue weighted by molar-refractivity contribution is 6.55. The van der Waals surface area contributed by atoms with Crippen LogP contribution in [0.1, 0.15) is 19.4 Å². The maximum Gasteiger partial charge on any atom is 0.311 e. The number of carbonyl (C=O) groups is 1. The lowest BCUT2D eigenvalue weighted by Gasteiger charge is -2.10. The third-order valence-corrected chi connectivity index (χ3v) is 5.17. The minimum absolute atomic E-state index is 0.0973. The van der Waals surface area contributed by atoms with Gasteiger partial charge in [0.05, 0.1) is 5.92 Å². The van der Waals surface area contributed by atoms with E-state index >= 15 is 0 Å². The minimum Gasteiger partial charge on any atom is -0.481 e. The second-order valence-electron chi connectivity index (χ2n) is 6.80. The molecule has 0 aromatic heterocycles. The van der Waals surface area contributed by atoms with Crippen molar-refractivity contribution in [2.24, 2.45) is 17.3 Å². The van der Waals surface area contributed by atoms with Crippen molar-refractivity contribution in [1.29, 1.82) is 5.26 Å². The molecule has 1 aromatic rings. The third kappa shape index (κ3) is 5.46. The molecule has 1 saturated carbocycles. The normalized spacial score (nSPS) is 20.9. The van der Waals surface area contributed by atoms with Gasteiger partial charge < -0.3 is 9.47 Å². The summed E-state index contributed by atoms with van der Waals surface area (Å²) in [6.45, 7) is 3.94. The van der Waals surface area contributed by atoms with E-state index < -0.39 is 18.0 Å². The first-order valence-corrected chi connectivity index (χ1v) is 9.51. The Labute approximate surface area is 179 Å². The lowest BCUT2D eigenvalue weighted by Crippen LogP contribution is -2.18. The molecule has 0 heterocycles. The number of allylic oxidation sites excluding steroid dienone is 1. The zero-order valence-corrected chi connectivity index (χ0v) is 17.6. The molecule has 2 rings (SSSR count). The molecule has 0 aliphatic heterocycles. The Morgan fingerprint density at radius 3 is 2.71 bits per heavy atom. The summed E-state index contributed by atoms with van der Waals surface area (Å²) >= 11 is 17.7. The van der Waals surface area contributed by atoms with Gasteiger partial charge in [-0.3, -0.25) is 4.79 Å². The number of nitriles is 1. The number of esters is 1. The minimum atomic E-state index is -1.14. The van der Waals surface area contributed by atoms with Crippen molar-refractivity contribution in [3.8, 4) is 24.2 Å². The summed E-state index contributed by atoms with van der Waals surface area (Å²) in [7, 11) is 0. The van der Waals surface area contributed by atoms with E-state index in [0.717, 1.165) is 0 Å². The van der Waals surface area contributed by atoms with Crippen molar-refractivity contribution in [1.82, 2.24) is 0 Å². The number of halogens is 3. The van der Waals surface area contributed by atoms with Crippen molar-refractivity contribution in [3.63, 3.8) is 0 Å². The zero-order valence-electron chi connectivity index (χ0n) is 15.3. The number of hydrogen-bond donors (Lipinski definition) is 0. The van der Waals surface area contributed by atoms with Crippen LogP contribution in [0.25, 0.3) is 5.03 Å². The maximum atomic E-state index is 12.5. The summed E-state index contributed by atoms with van der Waals surface area (Å²) < 4.78 is 10.8. The monoisotopic (exact) mass is 437 g/mol. The quantitative estimate of drug-likeness (QED) is 0.428. The van der Waals surface area contributed by atoms with Crippen molar-refractivity contribution in [2.45, 2.75) is 20.0 Å². The van der Waals surface area contributed by atoms with Crippen LogP contribution in [0.2, 0.25) is 0 Å². The Morgan fingerprint density at radius 1 is 1.39 bits per heavy atom. The molecule has 0 bridgehead atoms. The Morgan fingerprint density at radius 2 is 2.11 bits per heavy atom. The molecule has 3 atom stereocenters. The number of carbonyl (C=O) groups excluding carboxylic acids is 1. The Bertz CT molecular complexity index is 889. The van der Waals surface area contributed by atoms with Crippen LogP contribution in [0, 0.1) is 40.9 Å². The predicted molar refractivity (Wildman–Crippen MR) is 111 cm³/mol. The van der Waals surface area contributed by atoms with Crippen LogP contribution in [0.5, 0.6) is 5.75 Å². The molecule has 0 N–H and O–H groups in total. The molecular formula is C21H18Cl3NO3. The first-order chi connectivity index (χ1) is 13.2. The number of benzene rings is 1. The molecule has 4 nitrogen and oxygen atoms in total. The standard InChI is InChI=1S/C21H18Cl3NO3/c1-4-8-27-14-7-5-6-13(9-14)17(22)10-15(12-25)28-20(26)19-16(11-18(23)24)21(19,2)3/h1,5-7,9-11,15-16,19H,8H2,2-3H3/b17-10-. The molecule has 28 heavy (non-hydrogen) atoms. The van der Waals surface area contributed by atoms with Crippen LogP contribution < -0.4 is 4.74 Å². The summed E-state index contributed by atoms with van der Waals surface area (Å²) in [5, 5.41) is 9.60.